The molecule has 1 fully saturated rings. The van der Waals surface area contributed by atoms with Crippen molar-refractivity contribution in [2.45, 2.75) is 25.6 Å². The van der Waals surface area contributed by atoms with Gasteiger partial charge in [-0.2, -0.15) is 0 Å². The minimum Gasteiger partial charge on any atom is -0.479 e. The third-order valence-corrected chi connectivity index (χ3v) is 3.20. The number of amides is 2. The lowest BCUT2D eigenvalue weighted by Gasteiger charge is -2.34. The molecule has 0 aliphatic carbocycles. The van der Waals surface area contributed by atoms with E-state index < -0.39 is 18.2 Å². The van der Waals surface area contributed by atoms with Crippen LogP contribution in [0.2, 0.25) is 0 Å². The van der Waals surface area contributed by atoms with Gasteiger partial charge in [0, 0.05) is 20.2 Å². The molecule has 0 aromatic carbocycles. The largest absolute Gasteiger partial charge is 0.479 e. The number of carboxylic acids is 1. The second-order valence-electron chi connectivity index (χ2n) is 4.53. The highest BCUT2D eigenvalue weighted by Crippen LogP contribution is 2.16. The quantitative estimate of drug-likeness (QED) is 0.633. The summed E-state index contributed by atoms with van der Waals surface area (Å²) in [6.45, 7) is 2.69. The van der Waals surface area contributed by atoms with Gasteiger partial charge in [0.1, 0.15) is 0 Å². The van der Waals surface area contributed by atoms with Crippen molar-refractivity contribution in [3.8, 4) is 0 Å². The summed E-state index contributed by atoms with van der Waals surface area (Å²) >= 11 is 0. The Morgan fingerprint density at radius 3 is 2.72 bits per heavy atom. The molecule has 3 atom stereocenters. The number of β-amino-alcohol motifs (C(OH)–C–C–N with tert-alkyl or cyclic N) is 1. The Morgan fingerprint density at radius 2 is 2.22 bits per heavy atom. The van der Waals surface area contributed by atoms with Gasteiger partial charge < -0.3 is 25.2 Å². The Kier molecular flexibility index (Phi) is 5.36. The summed E-state index contributed by atoms with van der Waals surface area (Å²) in [5.41, 5.74) is 0. The Balaban J connectivity index is 2.39. The van der Waals surface area contributed by atoms with Crippen LogP contribution in [-0.2, 0) is 9.53 Å². The molecular formula is C11H20N2O5. The molecular weight excluding hydrogens is 240 g/mol. The lowest BCUT2D eigenvalue weighted by atomic mass is 9.96. The number of hydrogen-bond donors (Lipinski definition) is 3. The molecule has 3 N–H and O–H groups in total. The SMILES string of the molecule is COC(CNC(=O)N1CCC(C)C(O)C1)C(=O)O. The third-order valence-electron chi connectivity index (χ3n) is 3.20. The number of nitrogens with zero attached hydrogens (tertiary/aromatic N) is 1. The van der Waals surface area contributed by atoms with Crippen LogP contribution < -0.4 is 5.32 Å². The molecule has 0 bridgehead atoms. The zero-order valence-electron chi connectivity index (χ0n) is 10.6. The monoisotopic (exact) mass is 260 g/mol. The van der Waals surface area contributed by atoms with Gasteiger partial charge in [-0.15, -0.1) is 0 Å². The highest BCUT2D eigenvalue weighted by molar-refractivity contribution is 5.77. The number of urea groups is 1. The van der Waals surface area contributed by atoms with Gasteiger partial charge >= 0.3 is 12.0 Å². The molecule has 3 unspecified atom stereocenters. The van der Waals surface area contributed by atoms with Gasteiger partial charge in [0.15, 0.2) is 6.10 Å². The van der Waals surface area contributed by atoms with Crippen molar-refractivity contribution in [3.05, 3.63) is 0 Å². The number of piperidine rings is 1. The highest BCUT2D eigenvalue weighted by atomic mass is 16.5. The molecule has 0 spiro atoms. The van der Waals surface area contributed by atoms with Crippen LogP contribution in [0.15, 0.2) is 0 Å². The van der Waals surface area contributed by atoms with Gasteiger partial charge in [0.2, 0.25) is 0 Å². The summed E-state index contributed by atoms with van der Waals surface area (Å²) in [6, 6.07) is -0.371. The van der Waals surface area contributed by atoms with Crippen molar-refractivity contribution in [1.29, 1.82) is 0 Å². The summed E-state index contributed by atoms with van der Waals surface area (Å²) < 4.78 is 4.71. The average Bonchev–Trinajstić information content (AvgIpc) is 2.32. The molecule has 7 heteroatoms. The smallest absolute Gasteiger partial charge is 0.334 e. The number of aliphatic carboxylic acids is 1. The molecule has 104 valence electrons. The van der Waals surface area contributed by atoms with Crippen LogP contribution in [0, 0.1) is 5.92 Å². The molecule has 1 aliphatic heterocycles. The maximum atomic E-state index is 11.7. The average molecular weight is 260 g/mol. The van der Waals surface area contributed by atoms with E-state index in [1.165, 1.54) is 12.0 Å². The van der Waals surface area contributed by atoms with Crippen LogP contribution in [0.5, 0.6) is 0 Å². The summed E-state index contributed by atoms with van der Waals surface area (Å²) in [5, 5.41) is 20.9. The first-order valence-electron chi connectivity index (χ1n) is 5.92. The summed E-state index contributed by atoms with van der Waals surface area (Å²) in [7, 11) is 1.28. The predicted octanol–water partition coefficient (Wildman–Crippen LogP) is -0.502. The van der Waals surface area contributed by atoms with Crippen LogP contribution in [0.4, 0.5) is 4.79 Å². The predicted molar refractivity (Wildman–Crippen MR) is 63.2 cm³/mol. The van der Waals surface area contributed by atoms with Crippen molar-refractivity contribution in [2.24, 2.45) is 5.92 Å². The Morgan fingerprint density at radius 1 is 1.56 bits per heavy atom. The fourth-order valence-corrected chi connectivity index (χ4v) is 1.80. The first-order chi connectivity index (χ1) is 8.45. The molecule has 2 amide bonds. The molecule has 7 nitrogen and oxygen atoms in total. The molecule has 0 aromatic heterocycles. The summed E-state index contributed by atoms with van der Waals surface area (Å²) in [6.07, 6.45) is -0.842. The first-order valence-corrected chi connectivity index (χ1v) is 5.92. The molecule has 0 aromatic rings. The Hall–Kier alpha value is -1.34. The number of ether oxygens (including phenoxy) is 1. The molecule has 0 saturated carbocycles. The second kappa shape index (κ2) is 6.55. The number of likely N-dealkylation sites (tertiary alicyclic amines) is 1. The first kappa shape index (κ1) is 14.7. The van der Waals surface area contributed by atoms with Crippen LogP contribution in [0.3, 0.4) is 0 Å². The van der Waals surface area contributed by atoms with Crippen molar-refractivity contribution in [1.82, 2.24) is 10.2 Å². The van der Waals surface area contributed by atoms with Crippen molar-refractivity contribution >= 4 is 12.0 Å². The normalized spacial score (nSPS) is 25.6. The zero-order valence-corrected chi connectivity index (χ0v) is 10.6. The van der Waals surface area contributed by atoms with Crippen molar-refractivity contribution in [3.63, 3.8) is 0 Å². The summed E-state index contributed by atoms with van der Waals surface area (Å²) in [5.74, 6) is -0.940. The van der Waals surface area contributed by atoms with E-state index in [1.54, 1.807) is 0 Å². The van der Waals surface area contributed by atoms with Crippen molar-refractivity contribution in [2.75, 3.05) is 26.7 Å². The van der Waals surface area contributed by atoms with E-state index in [-0.39, 0.29) is 25.0 Å². The van der Waals surface area contributed by atoms with E-state index in [1.807, 2.05) is 6.92 Å². The lowest BCUT2D eigenvalue weighted by molar-refractivity contribution is -0.148. The molecule has 1 heterocycles. The van der Waals surface area contributed by atoms with E-state index in [4.69, 9.17) is 9.84 Å². The number of carbonyl (C=O) groups excluding carboxylic acids is 1. The van der Waals surface area contributed by atoms with Gasteiger partial charge in [0.05, 0.1) is 12.6 Å². The maximum Gasteiger partial charge on any atom is 0.334 e. The van der Waals surface area contributed by atoms with Gasteiger partial charge in [0.25, 0.3) is 0 Å². The molecule has 1 aliphatic rings. The van der Waals surface area contributed by atoms with Gasteiger partial charge in [-0.1, -0.05) is 6.92 Å². The number of carboxylic acid groups (broad SMARTS) is 1. The topological polar surface area (TPSA) is 99.1 Å². The van der Waals surface area contributed by atoms with Gasteiger partial charge in [-0.3, -0.25) is 0 Å². The van der Waals surface area contributed by atoms with Crippen LogP contribution in [0.25, 0.3) is 0 Å². The van der Waals surface area contributed by atoms with E-state index in [2.05, 4.69) is 5.32 Å². The second-order valence-corrected chi connectivity index (χ2v) is 4.53. The molecule has 1 rings (SSSR count). The Labute approximate surface area is 106 Å². The number of hydrogen-bond acceptors (Lipinski definition) is 4. The standard InChI is InChI=1S/C11H20N2O5/c1-7-3-4-13(6-8(7)14)11(17)12-5-9(18-2)10(15)16/h7-9,14H,3-6H2,1-2H3,(H,12,17)(H,15,16). The van der Waals surface area contributed by atoms with Crippen LogP contribution >= 0.6 is 0 Å². The number of aliphatic hydroxyl groups is 1. The Bertz CT molecular complexity index is 310. The van der Waals surface area contributed by atoms with Crippen molar-refractivity contribution < 1.29 is 24.5 Å². The van der Waals surface area contributed by atoms with E-state index in [9.17, 15) is 14.7 Å². The lowest BCUT2D eigenvalue weighted by Crippen LogP contribution is -2.51. The number of aliphatic hydroxyl groups excluding tert-OH is 1. The molecule has 0 radical (unpaired) electrons. The van der Waals surface area contributed by atoms with Crippen LogP contribution in [-0.4, -0.2) is 66.1 Å². The minimum absolute atomic E-state index is 0.0905. The molecule has 18 heavy (non-hydrogen) atoms. The zero-order chi connectivity index (χ0) is 13.7. The highest BCUT2D eigenvalue weighted by Gasteiger charge is 2.28. The summed E-state index contributed by atoms with van der Waals surface area (Å²) in [4.78, 5) is 23.9. The fourth-order valence-electron chi connectivity index (χ4n) is 1.80. The minimum atomic E-state index is -1.12. The van der Waals surface area contributed by atoms with Gasteiger partial charge in [-0.05, 0) is 12.3 Å². The van der Waals surface area contributed by atoms with E-state index >= 15 is 0 Å². The fraction of sp³-hybridized carbons (Fsp3) is 0.818. The number of carbonyl (C=O) groups is 2. The van der Waals surface area contributed by atoms with E-state index in [0.29, 0.717) is 6.54 Å². The number of rotatable bonds is 4. The number of methoxy groups -OCH3 is 1. The third kappa shape index (κ3) is 3.85. The van der Waals surface area contributed by atoms with Crippen LogP contribution in [0.1, 0.15) is 13.3 Å². The van der Waals surface area contributed by atoms with Gasteiger partial charge in [-0.25, -0.2) is 9.59 Å². The van der Waals surface area contributed by atoms with E-state index in [0.717, 1.165) is 6.42 Å². The molecule has 1 saturated heterocycles. The number of nitrogens with one attached hydrogen (secondary N) is 1. The maximum absolute atomic E-state index is 11.7.